The van der Waals surface area contributed by atoms with Gasteiger partial charge in [-0.15, -0.1) is 0 Å². The number of nitro groups is 1. The average Bonchev–Trinajstić information content (AvgIpc) is 2.39. The molecule has 0 unspecified atom stereocenters. The van der Waals surface area contributed by atoms with Crippen molar-refractivity contribution in [2.75, 3.05) is 33.2 Å². The van der Waals surface area contributed by atoms with E-state index in [1.165, 1.54) is 12.1 Å². The molecule has 7 heteroatoms. The summed E-state index contributed by atoms with van der Waals surface area (Å²) in [5, 5.41) is 10.8. The van der Waals surface area contributed by atoms with Gasteiger partial charge in [0.05, 0.1) is 10.5 Å². The van der Waals surface area contributed by atoms with Gasteiger partial charge in [0, 0.05) is 41.9 Å². The second-order valence-corrected chi connectivity index (χ2v) is 5.68. The summed E-state index contributed by atoms with van der Waals surface area (Å²) in [5.74, 6) is -0.124. The predicted molar refractivity (Wildman–Crippen MR) is 79.2 cm³/mol. The molecule has 1 fully saturated rings. The van der Waals surface area contributed by atoms with Crippen LogP contribution in [0.2, 0.25) is 0 Å². The Kier molecular flexibility index (Phi) is 4.35. The molecular weight excluding hydrogens is 361 g/mol. The number of benzene rings is 1. The third-order valence-electron chi connectivity index (χ3n) is 3.18. The highest BCUT2D eigenvalue weighted by atomic mass is 127. The summed E-state index contributed by atoms with van der Waals surface area (Å²) < 4.78 is 0.743. The van der Waals surface area contributed by atoms with Crippen LogP contribution in [0.5, 0.6) is 0 Å². The fourth-order valence-corrected chi connectivity index (χ4v) is 2.54. The SMILES string of the molecule is CN1CCN(C(=O)c2cc([N+](=O)[O-])ccc2I)CC1. The number of amides is 1. The van der Waals surface area contributed by atoms with E-state index in [0.29, 0.717) is 18.7 Å². The lowest BCUT2D eigenvalue weighted by Gasteiger charge is -2.32. The number of carbonyl (C=O) groups is 1. The summed E-state index contributed by atoms with van der Waals surface area (Å²) >= 11 is 2.04. The van der Waals surface area contributed by atoms with Crippen molar-refractivity contribution in [1.82, 2.24) is 9.80 Å². The van der Waals surface area contributed by atoms with E-state index in [1.807, 2.05) is 29.6 Å². The fraction of sp³-hybridized carbons (Fsp3) is 0.417. The van der Waals surface area contributed by atoms with Gasteiger partial charge in [-0.05, 0) is 35.7 Å². The molecule has 1 saturated heterocycles. The van der Waals surface area contributed by atoms with Crippen LogP contribution in [0, 0.1) is 13.7 Å². The highest BCUT2D eigenvalue weighted by Crippen LogP contribution is 2.21. The van der Waals surface area contributed by atoms with Crippen molar-refractivity contribution >= 4 is 34.2 Å². The molecule has 1 aromatic carbocycles. The van der Waals surface area contributed by atoms with Gasteiger partial charge in [0.1, 0.15) is 0 Å². The molecule has 0 aromatic heterocycles. The van der Waals surface area contributed by atoms with E-state index in [4.69, 9.17) is 0 Å². The lowest BCUT2D eigenvalue weighted by Crippen LogP contribution is -2.47. The molecule has 0 radical (unpaired) electrons. The minimum Gasteiger partial charge on any atom is -0.336 e. The Morgan fingerprint density at radius 1 is 1.32 bits per heavy atom. The van der Waals surface area contributed by atoms with Crippen molar-refractivity contribution in [3.8, 4) is 0 Å². The highest BCUT2D eigenvalue weighted by molar-refractivity contribution is 14.1. The Morgan fingerprint density at radius 3 is 2.53 bits per heavy atom. The van der Waals surface area contributed by atoms with Gasteiger partial charge in [-0.2, -0.15) is 0 Å². The molecule has 1 aliphatic heterocycles. The molecule has 0 spiro atoms. The standard InChI is InChI=1S/C12H14IN3O3/c1-14-4-6-15(7-5-14)12(17)10-8-9(16(18)19)2-3-11(10)13/h2-3,8H,4-7H2,1H3. The molecule has 0 atom stereocenters. The first kappa shape index (κ1) is 14.2. The second-order valence-electron chi connectivity index (χ2n) is 4.52. The first-order valence-corrected chi connectivity index (χ1v) is 6.98. The summed E-state index contributed by atoms with van der Waals surface area (Å²) in [6.07, 6.45) is 0. The van der Waals surface area contributed by atoms with E-state index >= 15 is 0 Å². The van der Waals surface area contributed by atoms with E-state index in [1.54, 1.807) is 11.0 Å². The summed E-state index contributed by atoms with van der Waals surface area (Å²) in [6, 6.07) is 4.40. The third-order valence-corrected chi connectivity index (χ3v) is 4.12. The largest absolute Gasteiger partial charge is 0.336 e. The molecular formula is C12H14IN3O3. The number of piperazine rings is 1. The molecule has 1 aliphatic rings. The van der Waals surface area contributed by atoms with Gasteiger partial charge in [-0.3, -0.25) is 14.9 Å². The van der Waals surface area contributed by atoms with Gasteiger partial charge in [0.15, 0.2) is 0 Å². The number of nitro benzene ring substituents is 1. The molecule has 6 nitrogen and oxygen atoms in total. The summed E-state index contributed by atoms with van der Waals surface area (Å²) in [6.45, 7) is 2.98. The van der Waals surface area contributed by atoms with Crippen LogP contribution in [-0.4, -0.2) is 53.9 Å². The van der Waals surface area contributed by atoms with Crippen molar-refractivity contribution < 1.29 is 9.72 Å². The number of likely N-dealkylation sites (N-methyl/N-ethyl adjacent to an activating group) is 1. The molecule has 19 heavy (non-hydrogen) atoms. The van der Waals surface area contributed by atoms with Gasteiger partial charge in [-0.25, -0.2) is 0 Å². The lowest BCUT2D eigenvalue weighted by atomic mass is 10.1. The first-order chi connectivity index (χ1) is 8.99. The van der Waals surface area contributed by atoms with Crippen molar-refractivity contribution in [2.45, 2.75) is 0 Å². The maximum atomic E-state index is 12.4. The maximum Gasteiger partial charge on any atom is 0.270 e. The summed E-state index contributed by atoms with van der Waals surface area (Å²) in [7, 11) is 2.01. The number of non-ortho nitro benzene ring substituents is 1. The van der Waals surface area contributed by atoms with Crippen molar-refractivity contribution in [3.05, 3.63) is 37.4 Å². The minimum absolute atomic E-state index is 0.0436. The monoisotopic (exact) mass is 375 g/mol. The lowest BCUT2D eigenvalue weighted by molar-refractivity contribution is -0.384. The van der Waals surface area contributed by atoms with E-state index in [0.717, 1.165) is 16.7 Å². The van der Waals surface area contributed by atoms with Gasteiger partial charge in [0.2, 0.25) is 0 Å². The smallest absolute Gasteiger partial charge is 0.270 e. The molecule has 1 amide bonds. The number of nitrogens with zero attached hydrogens (tertiary/aromatic N) is 3. The van der Waals surface area contributed by atoms with E-state index in [2.05, 4.69) is 4.90 Å². The van der Waals surface area contributed by atoms with Crippen LogP contribution in [0.3, 0.4) is 0 Å². The number of hydrogen-bond acceptors (Lipinski definition) is 4. The van der Waals surface area contributed by atoms with Gasteiger partial charge >= 0.3 is 0 Å². The molecule has 0 aliphatic carbocycles. The molecule has 102 valence electrons. The molecule has 0 N–H and O–H groups in total. The Morgan fingerprint density at radius 2 is 1.95 bits per heavy atom. The Bertz CT molecular complexity index is 513. The third kappa shape index (κ3) is 3.21. The minimum atomic E-state index is -0.475. The maximum absolute atomic E-state index is 12.4. The Balaban J connectivity index is 2.23. The van der Waals surface area contributed by atoms with Crippen LogP contribution in [0.25, 0.3) is 0 Å². The van der Waals surface area contributed by atoms with Crippen LogP contribution >= 0.6 is 22.6 Å². The highest BCUT2D eigenvalue weighted by Gasteiger charge is 2.23. The number of hydrogen-bond donors (Lipinski definition) is 0. The van der Waals surface area contributed by atoms with Gasteiger partial charge < -0.3 is 9.80 Å². The number of rotatable bonds is 2. The zero-order valence-electron chi connectivity index (χ0n) is 10.5. The van der Waals surface area contributed by atoms with Crippen LogP contribution in [0.15, 0.2) is 18.2 Å². The Labute approximate surface area is 124 Å². The van der Waals surface area contributed by atoms with Crippen molar-refractivity contribution in [2.24, 2.45) is 0 Å². The van der Waals surface area contributed by atoms with Gasteiger partial charge in [-0.1, -0.05) is 0 Å². The summed E-state index contributed by atoms with van der Waals surface area (Å²) in [4.78, 5) is 26.6. The first-order valence-electron chi connectivity index (χ1n) is 5.91. The van der Waals surface area contributed by atoms with Crippen LogP contribution in [0.1, 0.15) is 10.4 Å². The van der Waals surface area contributed by atoms with Crippen molar-refractivity contribution in [1.29, 1.82) is 0 Å². The molecule has 1 aromatic rings. The normalized spacial score (nSPS) is 16.4. The zero-order chi connectivity index (χ0) is 14.0. The number of halogens is 1. The van der Waals surface area contributed by atoms with Crippen LogP contribution < -0.4 is 0 Å². The fourth-order valence-electron chi connectivity index (χ4n) is 1.97. The van der Waals surface area contributed by atoms with E-state index < -0.39 is 4.92 Å². The van der Waals surface area contributed by atoms with E-state index in [9.17, 15) is 14.9 Å². The molecule has 1 heterocycles. The van der Waals surface area contributed by atoms with Crippen LogP contribution in [-0.2, 0) is 0 Å². The number of carbonyl (C=O) groups excluding carboxylic acids is 1. The topological polar surface area (TPSA) is 66.7 Å². The molecule has 2 rings (SSSR count). The predicted octanol–water partition coefficient (Wildman–Crippen LogP) is 1.59. The van der Waals surface area contributed by atoms with Crippen molar-refractivity contribution in [3.63, 3.8) is 0 Å². The average molecular weight is 375 g/mol. The molecule has 0 bridgehead atoms. The molecule has 0 saturated carbocycles. The van der Waals surface area contributed by atoms with Gasteiger partial charge in [0.25, 0.3) is 11.6 Å². The Hall–Kier alpha value is -1.22. The quantitative estimate of drug-likeness (QED) is 0.447. The van der Waals surface area contributed by atoms with Crippen LogP contribution in [0.4, 0.5) is 5.69 Å². The van der Waals surface area contributed by atoms with E-state index in [-0.39, 0.29) is 11.6 Å². The summed E-state index contributed by atoms with van der Waals surface area (Å²) in [5.41, 5.74) is 0.372. The second kappa shape index (κ2) is 5.83. The zero-order valence-corrected chi connectivity index (χ0v) is 12.7.